The van der Waals surface area contributed by atoms with Gasteiger partial charge >= 0.3 is 0 Å². The second kappa shape index (κ2) is 10.0. The van der Waals surface area contributed by atoms with Gasteiger partial charge in [-0.3, -0.25) is 0 Å². The van der Waals surface area contributed by atoms with E-state index < -0.39 is 0 Å². The molecule has 0 aliphatic carbocycles. The molecule has 0 saturated heterocycles. The van der Waals surface area contributed by atoms with E-state index in [9.17, 15) is 0 Å². The topological polar surface area (TPSA) is 0 Å². The molecular weight excluding hydrogens is 212 g/mol. The summed E-state index contributed by atoms with van der Waals surface area (Å²) in [5.41, 5.74) is 1.24. The molecule has 0 aromatic carbocycles. The van der Waals surface area contributed by atoms with E-state index in [0.29, 0.717) is 0 Å². The van der Waals surface area contributed by atoms with Gasteiger partial charge in [0.2, 0.25) is 0 Å². The van der Waals surface area contributed by atoms with Gasteiger partial charge in [-0.1, -0.05) is 52.2 Å². The van der Waals surface area contributed by atoms with Crippen LogP contribution in [0.3, 0.4) is 0 Å². The largest absolute Gasteiger partial charge is 0.151 e. The van der Waals surface area contributed by atoms with Crippen LogP contribution in [0, 0.1) is 11.8 Å². The lowest BCUT2D eigenvalue weighted by Gasteiger charge is -2.18. The molecule has 2 atom stereocenters. The van der Waals surface area contributed by atoms with Gasteiger partial charge in [0.25, 0.3) is 0 Å². The summed E-state index contributed by atoms with van der Waals surface area (Å²) in [5, 5.41) is 1.86. The summed E-state index contributed by atoms with van der Waals surface area (Å²) in [4.78, 5) is 0. The normalized spacial score (nSPS) is 16.7. The molecule has 0 aromatic heterocycles. The van der Waals surface area contributed by atoms with Gasteiger partial charge in [-0.25, -0.2) is 0 Å². The van der Waals surface area contributed by atoms with E-state index in [1.54, 1.807) is 0 Å². The van der Waals surface area contributed by atoms with Crippen molar-refractivity contribution in [3.8, 4) is 0 Å². The van der Waals surface area contributed by atoms with Crippen LogP contribution in [-0.4, -0.2) is 0 Å². The third-order valence-corrected chi connectivity index (χ3v) is 3.59. The van der Waals surface area contributed by atoms with Crippen molar-refractivity contribution in [3.63, 3.8) is 0 Å². The van der Waals surface area contributed by atoms with Crippen LogP contribution < -0.4 is 0 Å². The molecule has 0 spiro atoms. The maximum absolute atomic E-state index is 4.14. The maximum Gasteiger partial charge on any atom is -0.0295 e. The molecule has 0 bridgehead atoms. The highest BCUT2D eigenvalue weighted by molar-refractivity contribution is 7.83. The summed E-state index contributed by atoms with van der Waals surface area (Å²) >= 11 is 4.14. The smallest absolute Gasteiger partial charge is 0.0295 e. The fourth-order valence-electron chi connectivity index (χ4n) is 1.97. The van der Waals surface area contributed by atoms with Crippen molar-refractivity contribution in [2.24, 2.45) is 11.8 Å². The molecule has 0 radical (unpaired) electrons. The van der Waals surface area contributed by atoms with Gasteiger partial charge in [-0.2, -0.15) is 12.6 Å². The summed E-state index contributed by atoms with van der Waals surface area (Å²) in [5.74, 6) is 1.73. The first-order chi connectivity index (χ1) is 7.63. The minimum absolute atomic E-state index is 0.865. The van der Waals surface area contributed by atoms with Crippen LogP contribution in [0.4, 0.5) is 0 Å². The molecule has 0 amide bonds. The lowest BCUT2D eigenvalue weighted by atomic mass is 9.88. The van der Waals surface area contributed by atoms with E-state index in [1.165, 1.54) is 37.7 Å². The second-order valence-corrected chi connectivity index (χ2v) is 5.17. The summed E-state index contributed by atoms with van der Waals surface area (Å²) in [6, 6.07) is 0. The van der Waals surface area contributed by atoms with Gasteiger partial charge in [0.05, 0.1) is 0 Å². The molecule has 0 rings (SSSR count). The Kier molecular flexibility index (Phi) is 9.91. The minimum Gasteiger partial charge on any atom is -0.151 e. The summed E-state index contributed by atoms with van der Waals surface area (Å²) < 4.78 is 0. The first kappa shape index (κ1) is 15.8. The molecule has 0 fully saturated rings. The summed E-state index contributed by atoms with van der Waals surface area (Å²) in [6.45, 7) is 9.03. The minimum atomic E-state index is 0.865. The van der Waals surface area contributed by atoms with Crippen LogP contribution in [0.5, 0.6) is 0 Å². The molecule has 0 heterocycles. The summed E-state index contributed by atoms with van der Waals surface area (Å²) in [7, 11) is 0. The molecule has 0 saturated carbocycles. The predicted octanol–water partition coefficient (Wildman–Crippen LogP) is 5.62. The van der Waals surface area contributed by atoms with E-state index in [-0.39, 0.29) is 0 Å². The number of thiol groups is 1. The van der Waals surface area contributed by atoms with Gasteiger partial charge < -0.3 is 0 Å². The fraction of sp³-hybridized carbons (Fsp3) is 0.733. The predicted molar refractivity (Wildman–Crippen MR) is 79.0 cm³/mol. The van der Waals surface area contributed by atoms with Crippen LogP contribution >= 0.6 is 12.6 Å². The molecule has 0 nitrogen and oxygen atoms in total. The van der Waals surface area contributed by atoms with E-state index in [0.717, 1.165) is 11.8 Å². The van der Waals surface area contributed by atoms with Gasteiger partial charge in [0, 0.05) is 0 Å². The highest BCUT2D eigenvalue weighted by atomic mass is 32.1. The van der Waals surface area contributed by atoms with Gasteiger partial charge in [-0.05, 0) is 42.6 Å². The lowest BCUT2D eigenvalue weighted by molar-refractivity contribution is 0.363. The Morgan fingerprint density at radius 1 is 1.31 bits per heavy atom. The quantitative estimate of drug-likeness (QED) is 0.413. The van der Waals surface area contributed by atoms with Crippen LogP contribution in [0.1, 0.15) is 59.8 Å². The Bertz CT molecular complexity index is 215. The van der Waals surface area contributed by atoms with Crippen LogP contribution in [0.2, 0.25) is 0 Å². The van der Waals surface area contributed by atoms with Crippen molar-refractivity contribution in [2.45, 2.75) is 59.8 Å². The molecule has 0 aromatic rings. The second-order valence-electron chi connectivity index (χ2n) is 4.92. The van der Waals surface area contributed by atoms with Crippen molar-refractivity contribution < 1.29 is 0 Å². The molecule has 1 heteroatoms. The maximum atomic E-state index is 4.14. The van der Waals surface area contributed by atoms with Crippen LogP contribution in [-0.2, 0) is 0 Å². The first-order valence-corrected chi connectivity index (χ1v) is 7.13. The van der Waals surface area contributed by atoms with Crippen LogP contribution in [0.15, 0.2) is 23.1 Å². The highest BCUT2D eigenvalue weighted by Crippen LogP contribution is 2.23. The SMILES string of the molecule is CCCC(C/C=C\C(C)=C/S)CC(C)CC. The zero-order valence-corrected chi connectivity index (χ0v) is 12.3. The third-order valence-electron chi connectivity index (χ3n) is 3.18. The molecule has 0 N–H and O–H groups in total. The van der Waals surface area contributed by atoms with E-state index >= 15 is 0 Å². The van der Waals surface area contributed by atoms with Crippen molar-refractivity contribution in [1.29, 1.82) is 0 Å². The highest BCUT2D eigenvalue weighted by Gasteiger charge is 2.09. The van der Waals surface area contributed by atoms with Gasteiger partial charge in [0.15, 0.2) is 0 Å². The average Bonchev–Trinajstić information content (AvgIpc) is 2.28. The van der Waals surface area contributed by atoms with E-state index in [2.05, 4.69) is 52.5 Å². The van der Waals surface area contributed by atoms with E-state index in [4.69, 9.17) is 0 Å². The molecule has 94 valence electrons. The number of allylic oxidation sites excluding steroid dienone is 3. The molecule has 2 unspecified atom stereocenters. The number of rotatable bonds is 8. The van der Waals surface area contributed by atoms with Crippen molar-refractivity contribution in [3.05, 3.63) is 23.1 Å². The zero-order valence-electron chi connectivity index (χ0n) is 11.4. The molecule has 0 aliphatic rings. The van der Waals surface area contributed by atoms with E-state index in [1.807, 2.05) is 5.41 Å². The fourth-order valence-corrected chi connectivity index (χ4v) is 2.05. The Morgan fingerprint density at radius 2 is 2.00 bits per heavy atom. The van der Waals surface area contributed by atoms with Crippen molar-refractivity contribution in [1.82, 2.24) is 0 Å². The standard InChI is InChI=1S/C15H28S/c1-5-8-15(11-13(3)6-2)10-7-9-14(4)12-16/h7,9,12-13,15-16H,5-6,8,10-11H2,1-4H3/b9-7-,14-12-. The molecular formula is C15H28S. The number of hydrogen-bond acceptors (Lipinski definition) is 1. The Labute approximate surface area is 108 Å². The Hall–Kier alpha value is -0.170. The van der Waals surface area contributed by atoms with Gasteiger partial charge in [-0.15, -0.1) is 0 Å². The van der Waals surface area contributed by atoms with Gasteiger partial charge in [0.1, 0.15) is 0 Å². The lowest BCUT2D eigenvalue weighted by Crippen LogP contribution is -2.05. The average molecular weight is 240 g/mol. The van der Waals surface area contributed by atoms with Crippen molar-refractivity contribution in [2.75, 3.05) is 0 Å². The molecule has 0 aliphatic heterocycles. The van der Waals surface area contributed by atoms with Crippen molar-refractivity contribution >= 4 is 12.6 Å². The zero-order chi connectivity index (χ0) is 12.4. The summed E-state index contributed by atoms with van der Waals surface area (Å²) in [6.07, 6.45) is 11.1. The third kappa shape index (κ3) is 8.04. The van der Waals surface area contributed by atoms with Crippen LogP contribution in [0.25, 0.3) is 0 Å². The number of hydrogen-bond donors (Lipinski definition) is 1. The Balaban J connectivity index is 4.07. The first-order valence-electron chi connectivity index (χ1n) is 6.61. The monoisotopic (exact) mass is 240 g/mol. The molecule has 16 heavy (non-hydrogen) atoms. The Morgan fingerprint density at radius 3 is 2.50 bits per heavy atom.